The summed E-state index contributed by atoms with van der Waals surface area (Å²) >= 11 is 0. The van der Waals surface area contributed by atoms with Gasteiger partial charge in [-0.15, -0.1) is 0 Å². The fourth-order valence-corrected chi connectivity index (χ4v) is 1.88. The van der Waals surface area contributed by atoms with E-state index >= 15 is 0 Å². The molecule has 15 heavy (non-hydrogen) atoms. The number of rotatable bonds is 0. The topological polar surface area (TPSA) is 0 Å². The summed E-state index contributed by atoms with van der Waals surface area (Å²) < 4.78 is 0. The third-order valence-corrected chi connectivity index (χ3v) is 2.61. The van der Waals surface area contributed by atoms with Crippen molar-refractivity contribution in [1.29, 1.82) is 0 Å². The van der Waals surface area contributed by atoms with E-state index in [9.17, 15) is 0 Å². The molecule has 3 aromatic carbocycles. The van der Waals surface area contributed by atoms with E-state index in [1.54, 1.807) is 0 Å². The second-order valence-electron chi connectivity index (χ2n) is 3.55. The van der Waals surface area contributed by atoms with Crippen molar-refractivity contribution in [3.63, 3.8) is 0 Å². The molecule has 0 aliphatic heterocycles. The molecule has 0 radical (unpaired) electrons. The quantitative estimate of drug-likeness (QED) is 0.476. The minimum atomic E-state index is 0. The zero-order valence-electron chi connectivity index (χ0n) is 8.18. The molecule has 0 heterocycles. The Balaban J connectivity index is 0.000000853. The van der Waals surface area contributed by atoms with Gasteiger partial charge in [0.1, 0.15) is 0 Å². The molecule has 1 heteroatoms. The predicted octanol–water partition coefficient (Wildman–Crippen LogP) is 4.15. The van der Waals surface area contributed by atoms with Crippen LogP contribution in [0.25, 0.3) is 21.5 Å². The SMILES string of the molecule is F.c1ccc2cc3ccccc3cc2c1. The number of fused-ring (bicyclic) bond motifs is 2. The first-order valence-corrected chi connectivity index (χ1v) is 4.81. The van der Waals surface area contributed by atoms with Gasteiger partial charge >= 0.3 is 0 Å². The first-order valence-electron chi connectivity index (χ1n) is 4.81. The summed E-state index contributed by atoms with van der Waals surface area (Å²) in [6.07, 6.45) is 0. The Morgan fingerprint density at radius 1 is 0.467 bits per heavy atom. The van der Waals surface area contributed by atoms with E-state index in [1.807, 2.05) is 0 Å². The van der Waals surface area contributed by atoms with Crippen molar-refractivity contribution in [2.24, 2.45) is 0 Å². The fourth-order valence-electron chi connectivity index (χ4n) is 1.88. The van der Waals surface area contributed by atoms with Gasteiger partial charge in [0.2, 0.25) is 0 Å². The van der Waals surface area contributed by atoms with Crippen molar-refractivity contribution >= 4 is 21.5 Å². The molecule has 0 saturated heterocycles. The van der Waals surface area contributed by atoms with Gasteiger partial charge in [-0.2, -0.15) is 0 Å². The van der Waals surface area contributed by atoms with Crippen LogP contribution in [0.15, 0.2) is 60.7 Å². The first-order chi connectivity index (χ1) is 6.93. The van der Waals surface area contributed by atoms with Crippen LogP contribution in [0.3, 0.4) is 0 Å². The lowest BCUT2D eigenvalue weighted by atomic mass is 10.0. The number of benzene rings is 3. The molecule has 0 amide bonds. The van der Waals surface area contributed by atoms with Crippen molar-refractivity contribution in [2.45, 2.75) is 0 Å². The normalized spacial score (nSPS) is 10.1. The van der Waals surface area contributed by atoms with Crippen LogP contribution < -0.4 is 0 Å². The first kappa shape index (κ1) is 9.66. The van der Waals surface area contributed by atoms with E-state index in [4.69, 9.17) is 0 Å². The lowest BCUT2D eigenvalue weighted by Gasteiger charge is -2.00. The lowest BCUT2D eigenvalue weighted by Crippen LogP contribution is -1.74. The predicted molar refractivity (Wildman–Crippen MR) is 64.0 cm³/mol. The van der Waals surface area contributed by atoms with E-state index in [-0.39, 0.29) is 4.70 Å². The van der Waals surface area contributed by atoms with Crippen LogP contribution in [0, 0.1) is 0 Å². The molecule has 0 aromatic heterocycles. The molecule has 0 aliphatic carbocycles. The monoisotopic (exact) mass is 198 g/mol. The Bertz CT molecular complexity index is 494. The molecular weight excluding hydrogens is 187 g/mol. The maximum absolute atomic E-state index is 2.24. The van der Waals surface area contributed by atoms with Crippen LogP contribution in [0.4, 0.5) is 4.70 Å². The molecule has 0 saturated carbocycles. The summed E-state index contributed by atoms with van der Waals surface area (Å²) in [4.78, 5) is 0. The molecule has 0 bridgehead atoms. The van der Waals surface area contributed by atoms with Gasteiger partial charge in [-0.1, -0.05) is 48.5 Å². The standard InChI is InChI=1S/C14H10.FH/c1-2-6-12-10-14-8-4-3-7-13(14)9-11(12)5-1;/h1-10H;1H. The third kappa shape index (κ3) is 1.57. The smallest absolute Gasteiger partial charge is 0.0178 e. The molecule has 0 fully saturated rings. The van der Waals surface area contributed by atoms with Crippen LogP contribution in [-0.2, 0) is 0 Å². The van der Waals surface area contributed by atoms with Crippen LogP contribution in [0.2, 0.25) is 0 Å². The average molecular weight is 198 g/mol. The van der Waals surface area contributed by atoms with Crippen molar-refractivity contribution in [3.05, 3.63) is 60.7 Å². The molecule has 74 valence electrons. The largest absolute Gasteiger partial charge is 0.269 e. The number of halogens is 1. The molecular formula is C14H11F. The van der Waals surface area contributed by atoms with Gasteiger partial charge in [0, 0.05) is 0 Å². The molecule has 3 aromatic rings. The van der Waals surface area contributed by atoms with Crippen LogP contribution in [0.1, 0.15) is 0 Å². The van der Waals surface area contributed by atoms with Crippen molar-refractivity contribution in [2.75, 3.05) is 0 Å². The lowest BCUT2D eigenvalue weighted by molar-refractivity contribution is 1.11. The van der Waals surface area contributed by atoms with Gasteiger partial charge in [0.25, 0.3) is 0 Å². The summed E-state index contributed by atoms with van der Waals surface area (Å²) in [6, 6.07) is 21.4. The second-order valence-corrected chi connectivity index (χ2v) is 3.55. The zero-order chi connectivity index (χ0) is 9.38. The molecule has 0 spiro atoms. The van der Waals surface area contributed by atoms with Gasteiger partial charge in [-0.05, 0) is 33.7 Å². The minimum Gasteiger partial charge on any atom is -0.269 e. The van der Waals surface area contributed by atoms with E-state index < -0.39 is 0 Å². The van der Waals surface area contributed by atoms with Gasteiger partial charge < -0.3 is 0 Å². The van der Waals surface area contributed by atoms with Crippen molar-refractivity contribution < 1.29 is 4.70 Å². The van der Waals surface area contributed by atoms with E-state index in [1.165, 1.54) is 21.5 Å². The van der Waals surface area contributed by atoms with Crippen molar-refractivity contribution in [3.8, 4) is 0 Å². The fraction of sp³-hybridized carbons (Fsp3) is 0. The second kappa shape index (κ2) is 3.70. The zero-order valence-corrected chi connectivity index (χ0v) is 8.18. The van der Waals surface area contributed by atoms with E-state index in [0.29, 0.717) is 0 Å². The van der Waals surface area contributed by atoms with Gasteiger partial charge in [-0.3, -0.25) is 4.70 Å². The third-order valence-electron chi connectivity index (χ3n) is 2.61. The maximum Gasteiger partial charge on any atom is -0.0178 e. The van der Waals surface area contributed by atoms with E-state index in [2.05, 4.69) is 60.7 Å². The summed E-state index contributed by atoms with van der Waals surface area (Å²) in [5.74, 6) is 0. The Labute approximate surface area is 87.5 Å². The molecule has 3 rings (SSSR count). The Morgan fingerprint density at radius 2 is 0.733 bits per heavy atom. The summed E-state index contributed by atoms with van der Waals surface area (Å²) in [5.41, 5.74) is 0. The van der Waals surface area contributed by atoms with Gasteiger partial charge in [0.15, 0.2) is 0 Å². The summed E-state index contributed by atoms with van der Waals surface area (Å²) in [6.45, 7) is 0. The average Bonchev–Trinajstić information content (AvgIpc) is 2.26. The molecule has 0 unspecified atom stereocenters. The van der Waals surface area contributed by atoms with Crippen LogP contribution in [0.5, 0.6) is 0 Å². The Kier molecular flexibility index (Phi) is 2.38. The molecule has 0 N–H and O–H groups in total. The minimum absolute atomic E-state index is 0. The highest BCUT2D eigenvalue weighted by molar-refractivity contribution is 5.97. The molecule has 0 aliphatic rings. The van der Waals surface area contributed by atoms with E-state index in [0.717, 1.165) is 0 Å². The highest BCUT2D eigenvalue weighted by Gasteiger charge is 1.95. The highest BCUT2D eigenvalue weighted by atomic mass is 19.0. The van der Waals surface area contributed by atoms with Gasteiger partial charge in [0.05, 0.1) is 0 Å². The van der Waals surface area contributed by atoms with Gasteiger partial charge in [-0.25, -0.2) is 0 Å². The molecule has 0 nitrogen and oxygen atoms in total. The van der Waals surface area contributed by atoms with Crippen LogP contribution >= 0.6 is 0 Å². The maximum atomic E-state index is 2.24. The highest BCUT2D eigenvalue weighted by Crippen LogP contribution is 2.21. The van der Waals surface area contributed by atoms with Crippen molar-refractivity contribution in [1.82, 2.24) is 0 Å². The summed E-state index contributed by atoms with van der Waals surface area (Å²) in [7, 11) is 0. The summed E-state index contributed by atoms with van der Waals surface area (Å²) in [5, 5.41) is 5.25. The number of hydrogen-bond donors (Lipinski definition) is 0. The number of hydrogen-bond acceptors (Lipinski definition) is 0. The molecule has 0 atom stereocenters. The Hall–Kier alpha value is -1.89. The Morgan fingerprint density at radius 3 is 1.00 bits per heavy atom. The van der Waals surface area contributed by atoms with Crippen LogP contribution in [-0.4, -0.2) is 0 Å².